The molecule has 0 fully saturated rings. The van der Waals surface area contributed by atoms with Crippen molar-refractivity contribution in [2.45, 2.75) is 39.0 Å². The van der Waals surface area contributed by atoms with Crippen molar-refractivity contribution in [3.63, 3.8) is 0 Å². The fourth-order valence-corrected chi connectivity index (χ4v) is 6.51. The second kappa shape index (κ2) is 8.51. The van der Waals surface area contributed by atoms with Gasteiger partial charge in [0.2, 0.25) is 0 Å². The van der Waals surface area contributed by atoms with Gasteiger partial charge in [-0.05, 0) is 54.9 Å². The van der Waals surface area contributed by atoms with E-state index in [-0.39, 0.29) is 17.3 Å². The number of aromatic nitrogens is 2. The number of para-hydroxylation sites is 1. The van der Waals surface area contributed by atoms with Gasteiger partial charge in [0.15, 0.2) is 0 Å². The smallest absolute Gasteiger partial charge is 0.274 e. The van der Waals surface area contributed by atoms with Crippen molar-refractivity contribution in [3.05, 3.63) is 75.8 Å². The van der Waals surface area contributed by atoms with Crippen LogP contribution in [-0.4, -0.2) is 15.5 Å². The minimum atomic E-state index is -0.154. The molecule has 0 saturated heterocycles. The first-order valence-electron chi connectivity index (χ1n) is 12.2. The molecule has 0 saturated carbocycles. The molecule has 0 aliphatic heterocycles. The predicted octanol–water partition coefficient (Wildman–Crippen LogP) is 6.08. The van der Waals surface area contributed by atoms with Crippen LogP contribution in [0.4, 0.5) is 11.5 Å². The molecule has 0 bridgehead atoms. The Kier molecular flexibility index (Phi) is 5.27. The summed E-state index contributed by atoms with van der Waals surface area (Å²) in [7, 11) is 0. The molecule has 2 aromatic carbocycles. The summed E-state index contributed by atoms with van der Waals surface area (Å²) < 4.78 is 1.84. The van der Waals surface area contributed by atoms with Crippen LogP contribution in [0.25, 0.3) is 32.2 Å². The van der Waals surface area contributed by atoms with E-state index in [1.54, 1.807) is 0 Å². The summed E-state index contributed by atoms with van der Waals surface area (Å²) in [5.41, 5.74) is 19.5. The van der Waals surface area contributed by atoms with Crippen molar-refractivity contribution >= 4 is 49.9 Å². The van der Waals surface area contributed by atoms with Gasteiger partial charge in [-0.2, -0.15) is 5.26 Å². The number of hydrogen-bond donors (Lipinski definition) is 2. The Hall–Kier alpha value is -4.15. The Morgan fingerprint density at radius 2 is 1.86 bits per heavy atom. The number of benzene rings is 2. The average Bonchev–Trinajstić information content (AvgIpc) is 3.42. The molecule has 1 aliphatic rings. The first kappa shape index (κ1) is 22.3. The second-order valence-electron chi connectivity index (χ2n) is 9.22. The number of carbonyl (C=O) groups excluding carboxylic acids is 1. The Morgan fingerprint density at radius 1 is 1.11 bits per heavy atom. The van der Waals surface area contributed by atoms with Crippen LogP contribution in [0.3, 0.4) is 0 Å². The monoisotopic (exact) mass is 491 g/mol. The maximum absolute atomic E-state index is 14.1. The number of nitrogens with two attached hydrogens (primary N) is 2. The lowest BCUT2D eigenvalue weighted by Crippen LogP contribution is -2.17. The first-order valence-corrected chi connectivity index (χ1v) is 13.0. The van der Waals surface area contributed by atoms with Gasteiger partial charge in [0.25, 0.3) is 5.91 Å². The molecule has 0 radical (unpaired) electrons. The van der Waals surface area contributed by atoms with Gasteiger partial charge < -0.3 is 11.5 Å². The summed E-state index contributed by atoms with van der Waals surface area (Å²) in [5, 5.41) is 11.7. The molecule has 178 valence electrons. The molecule has 7 heteroatoms. The summed E-state index contributed by atoms with van der Waals surface area (Å²) in [5.74, 6) is -0.0113. The largest absolute Gasteiger partial charge is 0.397 e. The Labute approximate surface area is 212 Å². The number of nitrogen functional groups attached to an aromatic ring is 2. The normalized spacial score (nSPS) is 13.1. The first-order chi connectivity index (χ1) is 17.5. The van der Waals surface area contributed by atoms with Crippen LogP contribution in [-0.2, 0) is 19.3 Å². The Balaban J connectivity index is 1.60. The number of anilines is 2. The zero-order valence-corrected chi connectivity index (χ0v) is 20.8. The fourth-order valence-electron chi connectivity index (χ4n) is 5.47. The lowest BCUT2D eigenvalue weighted by Gasteiger charge is -2.15. The van der Waals surface area contributed by atoms with E-state index in [4.69, 9.17) is 11.5 Å². The van der Waals surface area contributed by atoms with Gasteiger partial charge in [0.05, 0.1) is 11.2 Å². The number of nitriles is 1. The van der Waals surface area contributed by atoms with Gasteiger partial charge in [-0.15, -0.1) is 11.3 Å². The van der Waals surface area contributed by atoms with E-state index in [0.29, 0.717) is 26.3 Å². The van der Waals surface area contributed by atoms with Crippen LogP contribution < -0.4 is 11.5 Å². The molecular weight excluding hydrogens is 466 g/mol. The number of thiophene rings is 1. The maximum atomic E-state index is 14.1. The lowest BCUT2D eigenvalue weighted by molar-refractivity contribution is 0.0966. The number of pyridine rings is 1. The highest BCUT2D eigenvalue weighted by molar-refractivity contribution is 7.21. The van der Waals surface area contributed by atoms with Gasteiger partial charge >= 0.3 is 0 Å². The van der Waals surface area contributed by atoms with Crippen molar-refractivity contribution < 1.29 is 4.79 Å². The standard InChI is InChI=1S/C29H25N5OS/c1-2-16-11-13-17(14-12-16)23-20(15-30)27(32)33-28-24(23)25(31)26(36-28)29(35)34-21-9-5-3-7-18(21)19-8-4-6-10-22(19)34/h3,5,7,9,11-14H,2,4,6,8,10,31H2,1H3,(H2,32,33). The maximum Gasteiger partial charge on any atom is 0.274 e. The molecule has 4 N–H and O–H groups in total. The van der Waals surface area contributed by atoms with Crippen molar-refractivity contribution in [2.75, 3.05) is 11.5 Å². The minimum absolute atomic E-state index is 0.142. The third-order valence-electron chi connectivity index (χ3n) is 7.24. The highest BCUT2D eigenvalue weighted by atomic mass is 32.1. The number of nitrogens with zero attached hydrogens (tertiary/aromatic N) is 3. The molecule has 0 spiro atoms. The zero-order valence-electron chi connectivity index (χ0n) is 20.0. The highest BCUT2D eigenvalue weighted by Crippen LogP contribution is 2.44. The van der Waals surface area contributed by atoms with Crippen LogP contribution >= 0.6 is 11.3 Å². The van der Waals surface area contributed by atoms with E-state index in [2.05, 4.69) is 24.0 Å². The van der Waals surface area contributed by atoms with Crippen molar-refractivity contribution in [3.8, 4) is 17.2 Å². The lowest BCUT2D eigenvalue weighted by atomic mass is 9.95. The highest BCUT2D eigenvalue weighted by Gasteiger charge is 2.29. The fraction of sp³-hybridized carbons (Fsp3) is 0.207. The molecule has 3 heterocycles. The molecule has 5 aromatic rings. The SMILES string of the molecule is CCc1ccc(-c2c(C#N)c(N)nc3sc(C(=O)n4c5c(c6ccccc64)CCCC5)c(N)c23)cc1. The minimum Gasteiger partial charge on any atom is -0.397 e. The Bertz CT molecular complexity index is 1720. The number of aryl methyl sites for hydroxylation is 2. The van der Waals surface area contributed by atoms with E-state index in [1.807, 2.05) is 47.0 Å². The van der Waals surface area contributed by atoms with Gasteiger partial charge in [-0.1, -0.05) is 49.4 Å². The number of rotatable bonds is 3. The van der Waals surface area contributed by atoms with E-state index in [9.17, 15) is 10.1 Å². The summed E-state index contributed by atoms with van der Waals surface area (Å²) >= 11 is 1.24. The molecule has 0 atom stereocenters. The van der Waals surface area contributed by atoms with E-state index < -0.39 is 0 Å². The van der Waals surface area contributed by atoms with E-state index in [0.717, 1.165) is 54.3 Å². The van der Waals surface area contributed by atoms with Crippen LogP contribution in [0, 0.1) is 11.3 Å². The molecule has 0 unspecified atom stereocenters. The average molecular weight is 492 g/mol. The van der Waals surface area contributed by atoms with Crippen molar-refractivity contribution in [1.29, 1.82) is 5.26 Å². The molecular formula is C29H25N5OS. The van der Waals surface area contributed by atoms with Gasteiger partial charge in [-0.25, -0.2) is 4.98 Å². The molecule has 6 rings (SSSR count). The topological polar surface area (TPSA) is 111 Å². The molecule has 6 nitrogen and oxygen atoms in total. The van der Waals surface area contributed by atoms with Gasteiger partial charge in [-0.3, -0.25) is 9.36 Å². The van der Waals surface area contributed by atoms with Gasteiger partial charge in [0.1, 0.15) is 27.2 Å². The third-order valence-corrected chi connectivity index (χ3v) is 8.33. The number of hydrogen-bond acceptors (Lipinski definition) is 6. The molecule has 0 amide bonds. The molecule has 3 aromatic heterocycles. The van der Waals surface area contributed by atoms with Crippen LogP contribution in [0.1, 0.15) is 51.8 Å². The van der Waals surface area contributed by atoms with Crippen molar-refractivity contribution in [2.24, 2.45) is 0 Å². The number of carbonyl (C=O) groups is 1. The second-order valence-corrected chi connectivity index (χ2v) is 10.2. The third kappa shape index (κ3) is 3.22. The van der Waals surface area contributed by atoms with E-state index >= 15 is 0 Å². The summed E-state index contributed by atoms with van der Waals surface area (Å²) in [6, 6.07) is 18.3. The van der Waals surface area contributed by atoms with Crippen LogP contribution in [0.5, 0.6) is 0 Å². The quantitative estimate of drug-likeness (QED) is 0.318. The predicted molar refractivity (Wildman–Crippen MR) is 146 cm³/mol. The van der Waals surface area contributed by atoms with Crippen molar-refractivity contribution in [1.82, 2.24) is 9.55 Å². The molecule has 1 aliphatic carbocycles. The summed E-state index contributed by atoms with van der Waals surface area (Å²) in [6.45, 7) is 2.09. The van der Waals surface area contributed by atoms with E-state index in [1.165, 1.54) is 22.5 Å². The zero-order chi connectivity index (χ0) is 25.0. The van der Waals surface area contributed by atoms with Gasteiger partial charge in [0, 0.05) is 22.0 Å². The van der Waals surface area contributed by atoms with Crippen LogP contribution in [0.15, 0.2) is 48.5 Å². The van der Waals surface area contributed by atoms with Crippen LogP contribution in [0.2, 0.25) is 0 Å². The molecule has 36 heavy (non-hydrogen) atoms. The number of fused-ring (bicyclic) bond motifs is 4. The summed E-state index contributed by atoms with van der Waals surface area (Å²) in [6.07, 6.45) is 4.92. The Morgan fingerprint density at radius 3 is 2.61 bits per heavy atom. The summed E-state index contributed by atoms with van der Waals surface area (Å²) in [4.78, 5) is 19.6.